The first kappa shape index (κ1) is 33.5. The summed E-state index contributed by atoms with van der Waals surface area (Å²) in [5, 5.41) is 11.2. The number of hydrogen-bond acceptors (Lipinski definition) is 7. The Bertz CT molecular complexity index is 1920. The Morgan fingerprint density at radius 3 is 2.21 bits per heavy atom. The van der Waals surface area contributed by atoms with Crippen molar-refractivity contribution in [1.29, 1.82) is 0 Å². The van der Waals surface area contributed by atoms with E-state index in [2.05, 4.69) is 0 Å². The zero-order valence-electron chi connectivity index (χ0n) is 25.2. The first-order chi connectivity index (χ1) is 22.3. The van der Waals surface area contributed by atoms with Gasteiger partial charge in [0.2, 0.25) is 0 Å². The molecule has 0 bridgehead atoms. The average molecular weight is 659 g/mol. The number of nitro groups is 1. The van der Waals surface area contributed by atoms with E-state index in [-0.39, 0.29) is 35.7 Å². The monoisotopic (exact) mass is 658 g/mol. The molecular weight excluding hydrogens is 627 g/mol. The fraction of sp³-hybridized carbons (Fsp3) is 0.312. The van der Waals surface area contributed by atoms with Gasteiger partial charge in [-0.1, -0.05) is 36.4 Å². The highest BCUT2D eigenvalue weighted by Crippen LogP contribution is 2.34. The van der Waals surface area contributed by atoms with Crippen LogP contribution in [0.1, 0.15) is 34.0 Å². The van der Waals surface area contributed by atoms with Gasteiger partial charge in [-0.3, -0.25) is 28.9 Å². The van der Waals surface area contributed by atoms with Crippen LogP contribution in [-0.2, 0) is 25.8 Å². The van der Waals surface area contributed by atoms with Gasteiger partial charge < -0.3 is 10.6 Å². The van der Waals surface area contributed by atoms with Crippen LogP contribution in [0.15, 0.2) is 76.3 Å². The second-order valence-corrected chi connectivity index (χ2v) is 11.3. The summed E-state index contributed by atoms with van der Waals surface area (Å²) in [5.74, 6) is -1.84. The van der Waals surface area contributed by atoms with E-state index in [1.54, 1.807) is 17.0 Å². The third-order valence-corrected chi connectivity index (χ3v) is 8.30. The maximum atomic E-state index is 14.9. The topological polar surface area (TPSA) is 120 Å². The minimum atomic E-state index is -4.92. The molecule has 3 aromatic carbocycles. The smallest absolute Gasteiger partial charge is 0.363 e. The molecule has 1 saturated heterocycles. The Labute approximate surface area is 265 Å². The molecule has 5 rings (SSSR count). The Morgan fingerprint density at radius 1 is 0.894 bits per heavy atom. The van der Waals surface area contributed by atoms with Gasteiger partial charge in [0.05, 0.1) is 29.6 Å². The van der Waals surface area contributed by atoms with Crippen LogP contribution < -0.4 is 21.9 Å². The van der Waals surface area contributed by atoms with E-state index in [1.165, 1.54) is 43.3 Å². The fourth-order valence-electron chi connectivity index (χ4n) is 5.87. The van der Waals surface area contributed by atoms with Crippen LogP contribution in [0.5, 0.6) is 0 Å². The normalized spacial score (nSPS) is 14.7. The molecule has 1 fully saturated rings. The highest BCUT2D eigenvalue weighted by molar-refractivity contribution is 5.50. The number of benzene rings is 3. The van der Waals surface area contributed by atoms with Gasteiger partial charge in [0.1, 0.15) is 17.3 Å². The van der Waals surface area contributed by atoms with Crippen molar-refractivity contribution in [3.8, 4) is 0 Å². The summed E-state index contributed by atoms with van der Waals surface area (Å²) in [6.07, 6.45) is -4.92. The number of alkyl halides is 3. The van der Waals surface area contributed by atoms with Gasteiger partial charge >= 0.3 is 11.9 Å². The van der Waals surface area contributed by atoms with Gasteiger partial charge in [0.15, 0.2) is 0 Å². The molecule has 2 N–H and O–H groups in total. The number of piperazine rings is 1. The molecule has 1 aromatic heterocycles. The Kier molecular flexibility index (Phi) is 9.58. The molecular formula is C32H31F5N6O4. The van der Waals surface area contributed by atoms with Crippen molar-refractivity contribution in [2.75, 3.05) is 31.1 Å². The number of anilines is 1. The zero-order chi connectivity index (χ0) is 34.0. The van der Waals surface area contributed by atoms with Crippen LogP contribution in [-0.4, -0.2) is 45.1 Å². The molecule has 0 amide bonds. The molecule has 248 valence electrons. The van der Waals surface area contributed by atoms with Crippen LogP contribution in [0.2, 0.25) is 0 Å². The van der Waals surface area contributed by atoms with Gasteiger partial charge in [-0.25, -0.2) is 13.6 Å². The van der Waals surface area contributed by atoms with Crippen LogP contribution >= 0.6 is 0 Å². The molecule has 0 aliphatic carbocycles. The predicted molar refractivity (Wildman–Crippen MR) is 164 cm³/mol. The summed E-state index contributed by atoms with van der Waals surface area (Å²) in [6, 6.07) is 13.1. The number of non-ortho nitro benzene ring substituents is 1. The molecule has 1 atom stereocenters. The van der Waals surface area contributed by atoms with Crippen LogP contribution in [0.25, 0.3) is 0 Å². The van der Waals surface area contributed by atoms with E-state index in [4.69, 9.17) is 5.73 Å². The van der Waals surface area contributed by atoms with Crippen LogP contribution in [0.4, 0.5) is 33.3 Å². The lowest BCUT2D eigenvalue weighted by Crippen LogP contribution is -2.51. The van der Waals surface area contributed by atoms with E-state index < -0.39 is 64.2 Å². The summed E-state index contributed by atoms with van der Waals surface area (Å²) in [5.41, 5.74) is 3.15. The van der Waals surface area contributed by atoms with Gasteiger partial charge in [0.25, 0.3) is 11.2 Å². The van der Waals surface area contributed by atoms with Crippen LogP contribution in [0.3, 0.4) is 0 Å². The summed E-state index contributed by atoms with van der Waals surface area (Å²) < 4.78 is 72.8. The molecule has 0 saturated carbocycles. The Morgan fingerprint density at radius 2 is 1.55 bits per heavy atom. The molecule has 0 radical (unpaired) electrons. The van der Waals surface area contributed by atoms with Crippen molar-refractivity contribution in [2.24, 2.45) is 5.73 Å². The average Bonchev–Trinajstić information content (AvgIpc) is 3.02. The van der Waals surface area contributed by atoms with E-state index in [1.807, 2.05) is 4.90 Å². The highest BCUT2D eigenvalue weighted by Gasteiger charge is 2.35. The van der Waals surface area contributed by atoms with Crippen molar-refractivity contribution in [3.63, 3.8) is 0 Å². The summed E-state index contributed by atoms with van der Waals surface area (Å²) in [6.45, 7) is 1.80. The number of aromatic nitrogens is 2. The predicted octanol–water partition coefficient (Wildman–Crippen LogP) is 4.59. The summed E-state index contributed by atoms with van der Waals surface area (Å²) in [7, 11) is 0. The Balaban J connectivity index is 1.53. The quantitative estimate of drug-likeness (QED) is 0.159. The zero-order valence-corrected chi connectivity index (χ0v) is 25.2. The van der Waals surface area contributed by atoms with E-state index >= 15 is 0 Å². The summed E-state index contributed by atoms with van der Waals surface area (Å²) >= 11 is 0. The third kappa shape index (κ3) is 7.10. The van der Waals surface area contributed by atoms with Gasteiger partial charge in [-0.15, -0.1) is 0 Å². The van der Waals surface area contributed by atoms with Crippen LogP contribution in [0, 0.1) is 28.7 Å². The molecule has 4 aromatic rings. The standard InChI is InChI=1S/C32H31F5N6O4/c1-20-29(40-14-12-39(13-15-40)17-21-6-4-7-22(16-21)43(46)47)30(44)42(19-28(38)23-8-2-3-10-26(23)33)31(45)41(20)18-24-25(32(35,36)37)9-5-11-27(24)34/h2-11,16,28H,12-15,17-19,38H2,1H3. The second kappa shape index (κ2) is 13.5. The third-order valence-electron chi connectivity index (χ3n) is 8.30. The number of nitro benzene ring substituents is 1. The van der Waals surface area contributed by atoms with E-state index in [0.717, 1.165) is 21.3 Å². The second-order valence-electron chi connectivity index (χ2n) is 11.3. The van der Waals surface area contributed by atoms with Gasteiger partial charge in [-0.2, -0.15) is 13.2 Å². The lowest BCUT2D eigenvalue weighted by Gasteiger charge is -2.37. The lowest BCUT2D eigenvalue weighted by atomic mass is 10.1. The van der Waals surface area contributed by atoms with Gasteiger partial charge in [-0.05, 0) is 30.7 Å². The van der Waals surface area contributed by atoms with Crippen molar-refractivity contribution < 1.29 is 26.9 Å². The number of nitrogens with two attached hydrogens (primary N) is 1. The molecule has 1 aliphatic heterocycles. The molecule has 0 spiro atoms. The maximum Gasteiger partial charge on any atom is 0.416 e. The first-order valence-corrected chi connectivity index (χ1v) is 14.7. The minimum absolute atomic E-state index is 0.0187. The number of rotatable bonds is 9. The SMILES string of the molecule is Cc1c(N2CCN(Cc3cccc([N+](=O)[O-])c3)CC2)c(=O)n(CC(N)c2ccccc2F)c(=O)n1Cc1c(F)cccc1C(F)(F)F. The molecule has 1 unspecified atom stereocenters. The molecule has 1 aliphatic rings. The number of nitrogens with zero attached hydrogens (tertiary/aromatic N) is 5. The minimum Gasteiger partial charge on any atom is -0.363 e. The number of halogens is 5. The maximum absolute atomic E-state index is 14.9. The van der Waals surface area contributed by atoms with Crippen molar-refractivity contribution >= 4 is 11.4 Å². The largest absolute Gasteiger partial charge is 0.416 e. The lowest BCUT2D eigenvalue weighted by molar-refractivity contribution is -0.384. The van der Waals surface area contributed by atoms with Crippen molar-refractivity contribution in [1.82, 2.24) is 14.0 Å². The fourth-order valence-corrected chi connectivity index (χ4v) is 5.87. The van der Waals surface area contributed by atoms with Gasteiger partial charge in [0, 0.05) is 61.7 Å². The Hall–Kier alpha value is -4.89. The van der Waals surface area contributed by atoms with Crippen molar-refractivity contribution in [2.45, 2.75) is 38.8 Å². The molecule has 2 heterocycles. The van der Waals surface area contributed by atoms with E-state index in [0.29, 0.717) is 31.3 Å². The van der Waals surface area contributed by atoms with Crippen molar-refractivity contribution in [3.05, 3.63) is 137 Å². The van der Waals surface area contributed by atoms with E-state index in [9.17, 15) is 41.7 Å². The number of hydrogen-bond donors (Lipinski definition) is 1. The molecule has 15 heteroatoms. The summed E-state index contributed by atoms with van der Waals surface area (Å²) in [4.78, 5) is 42.2. The molecule has 47 heavy (non-hydrogen) atoms. The molecule has 10 nitrogen and oxygen atoms in total. The highest BCUT2D eigenvalue weighted by atomic mass is 19.4. The first-order valence-electron chi connectivity index (χ1n) is 14.7.